The Balaban J connectivity index is 2.70. The molecular weight excluding hydrogens is 210 g/mol. The van der Waals surface area contributed by atoms with Crippen LogP contribution in [0.4, 0.5) is 0 Å². The van der Waals surface area contributed by atoms with E-state index in [0.717, 1.165) is 12.8 Å². The number of hydrogen-bond donors (Lipinski definition) is 1. The Morgan fingerprint density at radius 3 is 2.53 bits per heavy atom. The van der Waals surface area contributed by atoms with Crippen LogP contribution in [0, 0.1) is 20.8 Å². The zero-order valence-corrected chi connectivity index (χ0v) is 11.2. The van der Waals surface area contributed by atoms with Crippen LogP contribution in [0.2, 0.25) is 0 Å². The van der Waals surface area contributed by atoms with Gasteiger partial charge in [0.15, 0.2) is 0 Å². The van der Waals surface area contributed by atoms with Crippen molar-refractivity contribution in [2.45, 2.75) is 33.6 Å². The molecule has 0 spiro atoms. The van der Waals surface area contributed by atoms with Crippen molar-refractivity contribution >= 4 is 10.9 Å². The fourth-order valence-corrected chi connectivity index (χ4v) is 2.73. The number of aliphatic hydroxyl groups excluding tert-OH is 1. The fourth-order valence-electron chi connectivity index (χ4n) is 2.73. The highest BCUT2D eigenvalue weighted by Crippen LogP contribution is 2.29. The van der Waals surface area contributed by atoms with E-state index in [2.05, 4.69) is 44.5 Å². The lowest BCUT2D eigenvalue weighted by molar-refractivity contribution is 0.288. The number of hydrogen-bond acceptors (Lipinski definition) is 1. The van der Waals surface area contributed by atoms with Gasteiger partial charge in [0, 0.05) is 30.3 Å². The van der Waals surface area contributed by atoms with E-state index in [1.54, 1.807) is 0 Å². The van der Waals surface area contributed by atoms with Crippen LogP contribution in [0.5, 0.6) is 0 Å². The molecule has 0 radical (unpaired) electrons. The molecule has 1 aromatic carbocycles. The van der Waals surface area contributed by atoms with Crippen molar-refractivity contribution in [3.05, 3.63) is 34.5 Å². The second kappa shape index (κ2) is 4.53. The normalized spacial score (nSPS) is 11.4. The van der Waals surface area contributed by atoms with Crippen molar-refractivity contribution in [2.24, 2.45) is 7.05 Å². The maximum atomic E-state index is 9.00. The van der Waals surface area contributed by atoms with Crippen molar-refractivity contribution in [3.8, 4) is 0 Å². The topological polar surface area (TPSA) is 25.2 Å². The maximum absolute atomic E-state index is 9.00. The second-order valence-corrected chi connectivity index (χ2v) is 4.93. The molecule has 0 aliphatic carbocycles. The van der Waals surface area contributed by atoms with Crippen LogP contribution in [-0.4, -0.2) is 16.3 Å². The van der Waals surface area contributed by atoms with E-state index in [-0.39, 0.29) is 6.61 Å². The molecule has 0 fully saturated rings. The molecule has 0 aliphatic rings. The molecule has 17 heavy (non-hydrogen) atoms. The minimum Gasteiger partial charge on any atom is -0.396 e. The Labute approximate surface area is 103 Å². The Morgan fingerprint density at radius 2 is 1.88 bits per heavy atom. The minimum atomic E-state index is 0.265. The van der Waals surface area contributed by atoms with Gasteiger partial charge in [0.05, 0.1) is 0 Å². The first-order valence-electron chi connectivity index (χ1n) is 6.22. The first kappa shape index (κ1) is 12.2. The van der Waals surface area contributed by atoms with Gasteiger partial charge in [-0.15, -0.1) is 0 Å². The van der Waals surface area contributed by atoms with E-state index in [9.17, 15) is 0 Å². The van der Waals surface area contributed by atoms with Crippen molar-refractivity contribution in [3.63, 3.8) is 0 Å². The van der Waals surface area contributed by atoms with Crippen molar-refractivity contribution < 1.29 is 5.11 Å². The third-order valence-corrected chi connectivity index (χ3v) is 3.65. The summed E-state index contributed by atoms with van der Waals surface area (Å²) in [6, 6.07) is 4.49. The van der Waals surface area contributed by atoms with Crippen LogP contribution in [-0.2, 0) is 13.5 Å². The van der Waals surface area contributed by atoms with Crippen molar-refractivity contribution in [1.82, 2.24) is 4.57 Å². The van der Waals surface area contributed by atoms with Gasteiger partial charge >= 0.3 is 0 Å². The summed E-state index contributed by atoms with van der Waals surface area (Å²) in [5, 5.41) is 10.4. The number of fused-ring (bicyclic) bond motifs is 1. The lowest BCUT2D eigenvalue weighted by atomic mass is 10.0. The molecule has 2 aromatic rings. The molecule has 0 aliphatic heterocycles. The third-order valence-electron chi connectivity index (χ3n) is 3.65. The van der Waals surface area contributed by atoms with Gasteiger partial charge in [-0.2, -0.15) is 0 Å². The van der Waals surface area contributed by atoms with Crippen LogP contribution in [0.3, 0.4) is 0 Å². The zero-order chi connectivity index (χ0) is 12.6. The Hall–Kier alpha value is -1.28. The van der Waals surface area contributed by atoms with Crippen LogP contribution >= 0.6 is 0 Å². The summed E-state index contributed by atoms with van der Waals surface area (Å²) in [5.74, 6) is 0. The number of aliphatic hydroxyl groups is 1. The van der Waals surface area contributed by atoms with E-state index in [1.807, 2.05) is 0 Å². The van der Waals surface area contributed by atoms with Gasteiger partial charge in [0.1, 0.15) is 0 Å². The predicted molar refractivity (Wildman–Crippen MR) is 72.5 cm³/mol. The molecule has 0 unspecified atom stereocenters. The third kappa shape index (κ3) is 1.98. The summed E-state index contributed by atoms with van der Waals surface area (Å²) < 4.78 is 2.27. The standard InChI is InChI=1S/C15H21NO/c1-10-8-11(2)15-13(6-5-7-17)12(3)16(4)14(15)9-10/h8-9,17H,5-7H2,1-4H3. The number of rotatable bonds is 3. The molecule has 0 saturated carbocycles. The summed E-state index contributed by atoms with van der Waals surface area (Å²) >= 11 is 0. The molecule has 1 heterocycles. The highest BCUT2D eigenvalue weighted by atomic mass is 16.2. The first-order valence-corrected chi connectivity index (χ1v) is 6.22. The summed E-state index contributed by atoms with van der Waals surface area (Å²) in [5.41, 5.74) is 6.69. The lowest BCUT2D eigenvalue weighted by Gasteiger charge is -2.03. The molecule has 2 rings (SSSR count). The average Bonchev–Trinajstić information content (AvgIpc) is 2.51. The quantitative estimate of drug-likeness (QED) is 0.863. The molecule has 2 nitrogen and oxygen atoms in total. The van der Waals surface area contributed by atoms with E-state index in [0.29, 0.717) is 0 Å². The van der Waals surface area contributed by atoms with Crippen LogP contribution in [0.15, 0.2) is 12.1 Å². The Kier molecular flexibility index (Phi) is 3.25. The number of aryl methyl sites for hydroxylation is 4. The van der Waals surface area contributed by atoms with E-state index in [4.69, 9.17) is 5.11 Å². The number of aromatic nitrogens is 1. The molecule has 1 aromatic heterocycles. The van der Waals surface area contributed by atoms with Gasteiger partial charge in [0.2, 0.25) is 0 Å². The van der Waals surface area contributed by atoms with Gasteiger partial charge in [-0.05, 0) is 56.4 Å². The van der Waals surface area contributed by atoms with Crippen LogP contribution in [0.1, 0.15) is 28.8 Å². The fraction of sp³-hybridized carbons (Fsp3) is 0.467. The highest BCUT2D eigenvalue weighted by Gasteiger charge is 2.13. The highest BCUT2D eigenvalue weighted by molar-refractivity contribution is 5.89. The molecule has 92 valence electrons. The maximum Gasteiger partial charge on any atom is 0.0488 e. The summed E-state index contributed by atoms with van der Waals surface area (Å²) in [6.45, 7) is 6.75. The smallest absolute Gasteiger partial charge is 0.0488 e. The van der Waals surface area contributed by atoms with Crippen LogP contribution in [0.25, 0.3) is 10.9 Å². The molecule has 0 amide bonds. The second-order valence-electron chi connectivity index (χ2n) is 4.93. The molecule has 0 atom stereocenters. The number of nitrogens with zero attached hydrogens (tertiary/aromatic N) is 1. The van der Waals surface area contributed by atoms with E-state index >= 15 is 0 Å². The van der Waals surface area contributed by atoms with Gasteiger partial charge in [0.25, 0.3) is 0 Å². The van der Waals surface area contributed by atoms with Crippen LogP contribution < -0.4 is 0 Å². The van der Waals surface area contributed by atoms with Crippen molar-refractivity contribution in [2.75, 3.05) is 6.61 Å². The first-order chi connectivity index (χ1) is 8.06. The summed E-state index contributed by atoms with van der Waals surface area (Å²) in [4.78, 5) is 0. The monoisotopic (exact) mass is 231 g/mol. The molecule has 0 saturated heterocycles. The Morgan fingerprint density at radius 1 is 1.18 bits per heavy atom. The molecule has 2 heteroatoms. The lowest BCUT2D eigenvalue weighted by Crippen LogP contribution is -1.94. The largest absolute Gasteiger partial charge is 0.396 e. The molecular formula is C15H21NO. The van der Waals surface area contributed by atoms with E-state index < -0.39 is 0 Å². The van der Waals surface area contributed by atoms with Gasteiger partial charge < -0.3 is 9.67 Å². The Bertz CT molecular complexity index is 552. The van der Waals surface area contributed by atoms with Gasteiger partial charge in [-0.1, -0.05) is 6.07 Å². The average molecular weight is 231 g/mol. The zero-order valence-electron chi connectivity index (χ0n) is 11.2. The van der Waals surface area contributed by atoms with E-state index in [1.165, 1.54) is 33.3 Å². The van der Waals surface area contributed by atoms with Gasteiger partial charge in [-0.3, -0.25) is 0 Å². The summed E-state index contributed by atoms with van der Waals surface area (Å²) in [7, 11) is 2.12. The predicted octanol–water partition coefficient (Wildman–Crippen LogP) is 3.03. The SMILES string of the molecule is Cc1cc(C)c2c(CCCO)c(C)n(C)c2c1. The minimum absolute atomic E-state index is 0.265. The molecule has 1 N–H and O–H groups in total. The molecule has 0 bridgehead atoms. The number of benzene rings is 1. The summed E-state index contributed by atoms with van der Waals surface area (Å²) in [6.07, 6.45) is 1.80. The van der Waals surface area contributed by atoms with Gasteiger partial charge in [-0.25, -0.2) is 0 Å². The van der Waals surface area contributed by atoms with Crippen molar-refractivity contribution in [1.29, 1.82) is 0 Å².